The van der Waals surface area contributed by atoms with Gasteiger partial charge in [-0.3, -0.25) is 14.7 Å². The number of rotatable bonds is 2. The highest BCUT2D eigenvalue weighted by Crippen LogP contribution is 2.31. The fourth-order valence-electron chi connectivity index (χ4n) is 3.32. The van der Waals surface area contributed by atoms with Crippen LogP contribution in [0.2, 0.25) is 0 Å². The van der Waals surface area contributed by atoms with Crippen molar-refractivity contribution >= 4 is 22.4 Å². The Morgan fingerprint density at radius 3 is 2.53 bits per heavy atom. The van der Waals surface area contributed by atoms with Crippen molar-refractivity contribution < 1.29 is 14.4 Å². The Kier molecular flexibility index (Phi) is 8.74. The second-order valence-electron chi connectivity index (χ2n) is 6.97. The molecule has 1 amide bonds. The first-order valence-corrected chi connectivity index (χ1v) is 10.3. The summed E-state index contributed by atoms with van der Waals surface area (Å²) >= 11 is 0. The average Bonchev–Trinajstić information content (AvgIpc) is 3.17. The van der Waals surface area contributed by atoms with Crippen molar-refractivity contribution in [1.29, 1.82) is 0 Å². The minimum atomic E-state index is -0.289. The summed E-state index contributed by atoms with van der Waals surface area (Å²) in [4.78, 5) is 11.4. The second-order valence-corrected chi connectivity index (χ2v) is 6.97. The van der Waals surface area contributed by atoms with E-state index in [1.807, 2.05) is 37.8 Å². The van der Waals surface area contributed by atoms with Crippen LogP contribution in [-0.2, 0) is 11.8 Å². The molecule has 0 radical (unpaired) electrons. The summed E-state index contributed by atoms with van der Waals surface area (Å²) in [5.74, 6) is -0.543. The van der Waals surface area contributed by atoms with Crippen LogP contribution in [0.1, 0.15) is 44.2 Å². The van der Waals surface area contributed by atoms with Crippen molar-refractivity contribution in [3.05, 3.63) is 71.7 Å². The zero-order valence-electron chi connectivity index (χ0n) is 18.0. The van der Waals surface area contributed by atoms with E-state index in [0.717, 1.165) is 23.7 Å². The molecule has 0 spiro atoms. The van der Waals surface area contributed by atoms with E-state index < -0.39 is 0 Å². The molecule has 5 nitrogen and oxygen atoms in total. The van der Waals surface area contributed by atoms with Gasteiger partial charge in [0.2, 0.25) is 5.91 Å². The molecular weight excluding hydrogens is 381 g/mol. The van der Waals surface area contributed by atoms with Gasteiger partial charge in [-0.2, -0.15) is 5.10 Å². The van der Waals surface area contributed by atoms with Gasteiger partial charge in [-0.15, -0.1) is 0 Å². The first-order chi connectivity index (χ1) is 14.5. The van der Waals surface area contributed by atoms with Gasteiger partial charge in [0.15, 0.2) is 0 Å². The highest BCUT2D eigenvalue weighted by Gasteiger charge is 2.21. The highest BCUT2D eigenvalue weighted by molar-refractivity contribution is 5.84. The van der Waals surface area contributed by atoms with Gasteiger partial charge in [0, 0.05) is 18.4 Å². The number of aryl methyl sites for hydroxylation is 2. The molecule has 0 saturated heterocycles. The summed E-state index contributed by atoms with van der Waals surface area (Å²) in [6, 6.07) is 13.0. The molecule has 1 atom stereocenters. The second kappa shape index (κ2) is 11.3. The maximum absolute atomic E-state index is 12.3. The van der Waals surface area contributed by atoms with Crippen LogP contribution in [0, 0.1) is 18.7 Å². The fourth-order valence-corrected chi connectivity index (χ4v) is 3.32. The number of aromatic nitrogens is 2. The number of carbonyl (C=O) groups excluding carboxylic acids is 1. The maximum atomic E-state index is 12.3. The van der Waals surface area contributed by atoms with E-state index in [-0.39, 0.29) is 17.6 Å². The van der Waals surface area contributed by atoms with E-state index in [2.05, 4.69) is 29.4 Å². The van der Waals surface area contributed by atoms with Crippen LogP contribution >= 0.6 is 0 Å². The van der Waals surface area contributed by atoms with E-state index in [0.29, 0.717) is 12.0 Å². The predicted octanol–water partition coefficient (Wildman–Crippen LogP) is 5.42. The summed E-state index contributed by atoms with van der Waals surface area (Å²) in [5.41, 5.74) is 5.99. The maximum Gasteiger partial charge on any atom is 0.246 e. The predicted molar refractivity (Wildman–Crippen MR) is 118 cm³/mol. The molecule has 3 aromatic rings. The lowest BCUT2D eigenvalue weighted by atomic mass is 9.86. The Morgan fingerprint density at radius 1 is 1.23 bits per heavy atom. The van der Waals surface area contributed by atoms with Crippen molar-refractivity contribution in [2.45, 2.75) is 40.0 Å². The van der Waals surface area contributed by atoms with Crippen LogP contribution in [0.25, 0.3) is 16.5 Å². The van der Waals surface area contributed by atoms with Crippen LogP contribution < -0.4 is 5.48 Å². The first kappa shape index (κ1) is 23.3. The lowest BCUT2D eigenvalue weighted by molar-refractivity contribution is -0.133. The largest absolute Gasteiger partial charge is 0.289 e. The van der Waals surface area contributed by atoms with Gasteiger partial charge in [-0.25, -0.2) is 9.87 Å². The van der Waals surface area contributed by atoms with E-state index in [1.165, 1.54) is 17.2 Å². The number of nitrogens with one attached hydrogen (secondary N) is 1. The van der Waals surface area contributed by atoms with Gasteiger partial charge in [0.1, 0.15) is 5.82 Å². The molecule has 1 aliphatic carbocycles. The molecule has 30 heavy (non-hydrogen) atoms. The number of halogens is 1. The first-order valence-electron chi connectivity index (χ1n) is 10.3. The van der Waals surface area contributed by atoms with Gasteiger partial charge in [-0.05, 0) is 55.0 Å². The third-order valence-electron chi connectivity index (χ3n) is 5.09. The van der Waals surface area contributed by atoms with Crippen LogP contribution in [0.4, 0.5) is 4.39 Å². The molecule has 6 heteroatoms. The number of fused-ring (bicyclic) bond motifs is 1. The van der Waals surface area contributed by atoms with E-state index in [4.69, 9.17) is 5.21 Å². The summed E-state index contributed by atoms with van der Waals surface area (Å²) in [5, 5.41) is 14.0. The molecule has 1 unspecified atom stereocenters. The van der Waals surface area contributed by atoms with Crippen LogP contribution in [0.15, 0.2) is 54.7 Å². The molecule has 160 valence electrons. The van der Waals surface area contributed by atoms with Crippen LogP contribution in [-0.4, -0.2) is 20.9 Å². The Hall–Kier alpha value is -2.99. The normalized spacial score (nSPS) is 15.3. The van der Waals surface area contributed by atoms with E-state index in [9.17, 15) is 9.18 Å². The minimum absolute atomic E-state index is 0.121. The summed E-state index contributed by atoms with van der Waals surface area (Å²) in [6.07, 6.45) is 6.24. The Labute approximate surface area is 177 Å². The lowest BCUT2D eigenvalue weighted by Gasteiger charge is -2.20. The number of nitrogens with zero attached hydrogens (tertiary/aromatic N) is 2. The zero-order chi connectivity index (χ0) is 22.1. The van der Waals surface area contributed by atoms with Gasteiger partial charge >= 0.3 is 0 Å². The molecule has 1 aromatic heterocycles. The third-order valence-corrected chi connectivity index (χ3v) is 5.09. The van der Waals surface area contributed by atoms with Crippen LogP contribution in [0.5, 0.6) is 0 Å². The Bertz CT molecular complexity index is 990. The number of amides is 1. The van der Waals surface area contributed by atoms with Crippen molar-refractivity contribution in [2.75, 3.05) is 0 Å². The van der Waals surface area contributed by atoms with Crippen molar-refractivity contribution in [2.24, 2.45) is 13.0 Å². The number of hydrogen-bond donors (Lipinski definition) is 2. The smallest absolute Gasteiger partial charge is 0.246 e. The van der Waals surface area contributed by atoms with Gasteiger partial charge in [-0.1, -0.05) is 50.3 Å². The third kappa shape index (κ3) is 5.76. The monoisotopic (exact) mass is 411 g/mol. The number of benzene rings is 2. The quantitative estimate of drug-likeness (QED) is 0.437. The zero-order valence-corrected chi connectivity index (χ0v) is 18.0. The topological polar surface area (TPSA) is 67.2 Å². The van der Waals surface area contributed by atoms with Gasteiger partial charge < -0.3 is 0 Å². The van der Waals surface area contributed by atoms with E-state index in [1.54, 1.807) is 24.5 Å². The van der Waals surface area contributed by atoms with Gasteiger partial charge in [0.05, 0.1) is 11.7 Å². The number of carbonyl (C=O) groups is 1. The van der Waals surface area contributed by atoms with Crippen molar-refractivity contribution in [3.8, 4) is 0 Å². The molecule has 1 aliphatic rings. The number of hydroxylamine groups is 1. The molecular formula is C24H30FN3O2. The standard InChI is InChI=1S/C15H17N3O2.C7H7F.C2H6/c1-18-14-8-12(6-7-13(14)9-16-18)10-2-4-11(5-3-10)15(19)17-20;1-6-4-2-3-5-7(6)8;1-2/h2,6-9,11,20H,3-5H2,1H3,(H,17,19);2-5H,1H3;1-2H3. The molecule has 1 heterocycles. The molecule has 0 bridgehead atoms. The average molecular weight is 412 g/mol. The van der Waals surface area contributed by atoms with Crippen molar-refractivity contribution in [3.63, 3.8) is 0 Å². The Balaban J connectivity index is 0.000000269. The fraction of sp³-hybridized carbons (Fsp3) is 0.333. The molecule has 0 fully saturated rings. The summed E-state index contributed by atoms with van der Waals surface area (Å²) < 4.78 is 14.2. The minimum Gasteiger partial charge on any atom is -0.289 e. The number of allylic oxidation sites excluding steroid dienone is 2. The number of hydrogen-bond acceptors (Lipinski definition) is 3. The molecule has 2 N–H and O–H groups in total. The Morgan fingerprint density at radius 2 is 1.97 bits per heavy atom. The van der Waals surface area contributed by atoms with Gasteiger partial charge in [0.25, 0.3) is 0 Å². The molecule has 2 aromatic carbocycles. The molecule has 0 aliphatic heterocycles. The van der Waals surface area contributed by atoms with Crippen molar-refractivity contribution in [1.82, 2.24) is 15.3 Å². The lowest BCUT2D eigenvalue weighted by Crippen LogP contribution is -2.28. The molecule has 0 saturated carbocycles. The molecule has 4 rings (SSSR count). The highest BCUT2D eigenvalue weighted by atomic mass is 19.1. The SMILES string of the molecule is CC.Cc1ccccc1F.Cn1ncc2ccc(C3=CCC(C(=O)NO)CC3)cc21. The van der Waals surface area contributed by atoms with Crippen LogP contribution in [0.3, 0.4) is 0 Å². The summed E-state index contributed by atoms with van der Waals surface area (Å²) in [7, 11) is 1.93. The van der Waals surface area contributed by atoms with E-state index >= 15 is 0 Å². The summed E-state index contributed by atoms with van der Waals surface area (Å²) in [6.45, 7) is 5.75.